The van der Waals surface area contributed by atoms with Crippen LogP contribution in [0, 0.1) is 0 Å². The predicted octanol–water partition coefficient (Wildman–Crippen LogP) is 0.604. The first-order valence-corrected chi connectivity index (χ1v) is 5.99. The van der Waals surface area contributed by atoms with Crippen molar-refractivity contribution in [3.8, 4) is 0 Å². The van der Waals surface area contributed by atoms with Gasteiger partial charge in [0.25, 0.3) is 0 Å². The maximum absolute atomic E-state index is 11.6. The minimum atomic E-state index is -1.15. The second-order valence-electron chi connectivity index (χ2n) is 3.99. The Balaban J connectivity index is 2.63. The highest BCUT2D eigenvalue weighted by atomic mass is 16.5. The standard InChI is InChI=1S/C13H16N2O5/c1-2-20-13(19)8-3-5-9(6-4-8)15-12(18)10(14)7-11(16)17/h3-6,10H,2,7,14H2,1H3,(H,15,18)(H,16,17). The van der Waals surface area contributed by atoms with Gasteiger partial charge in [-0.2, -0.15) is 0 Å². The van der Waals surface area contributed by atoms with Gasteiger partial charge in [0.15, 0.2) is 0 Å². The van der Waals surface area contributed by atoms with Gasteiger partial charge in [-0.1, -0.05) is 0 Å². The number of ether oxygens (including phenoxy) is 1. The number of hydrogen-bond acceptors (Lipinski definition) is 5. The number of carboxylic acid groups (broad SMARTS) is 1. The summed E-state index contributed by atoms with van der Waals surface area (Å²) in [5.41, 5.74) is 6.20. The number of carboxylic acids is 1. The normalized spacial score (nSPS) is 11.5. The Hall–Kier alpha value is -2.41. The van der Waals surface area contributed by atoms with Gasteiger partial charge in [-0.05, 0) is 31.2 Å². The molecule has 7 nitrogen and oxygen atoms in total. The molecule has 1 aromatic carbocycles. The van der Waals surface area contributed by atoms with Crippen molar-refractivity contribution < 1.29 is 24.2 Å². The maximum Gasteiger partial charge on any atom is 0.338 e. The van der Waals surface area contributed by atoms with Gasteiger partial charge < -0.3 is 20.9 Å². The first-order chi connectivity index (χ1) is 9.43. The average molecular weight is 280 g/mol. The summed E-state index contributed by atoms with van der Waals surface area (Å²) in [6.45, 7) is 1.98. The van der Waals surface area contributed by atoms with E-state index in [1.807, 2.05) is 0 Å². The van der Waals surface area contributed by atoms with Crippen LogP contribution in [0.15, 0.2) is 24.3 Å². The Morgan fingerprint density at radius 1 is 1.30 bits per heavy atom. The Morgan fingerprint density at radius 3 is 2.40 bits per heavy atom. The van der Waals surface area contributed by atoms with Crippen LogP contribution in [0.3, 0.4) is 0 Å². The van der Waals surface area contributed by atoms with E-state index in [-0.39, 0.29) is 6.61 Å². The van der Waals surface area contributed by atoms with Gasteiger partial charge in [0.1, 0.15) is 0 Å². The molecule has 0 heterocycles. The molecule has 7 heteroatoms. The number of hydrogen-bond donors (Lipinski definition) is 3. The lowest BCUT2D eigenvalue weighted by Crippen LogP contribution is -2.37. The van der Waals surface area contributed by atoms with E-state index in [9.17, 15) is 14.4 Å². The maximum atomic E-state index is 11.6. The first-order valence-electron chi connectivity index (χ1n) is 5.99. The third-order valence-corrected chi connectivity index (χ3v) is 2.39. The smallest absolute Gasteiger partial charge is 0.338 e. The SMILES string of the molecule is CCOC(=O)c1ccc(NC(=O)C(N)CC(=O)O)cc1. The van der Waals surface area contributed by atoms with Crippen molar-refractivity contribution >= 4 is 23.5 Å². The number of carbonyl (C=O) groups excluding carboxylic acids is 2. The van der Waals surface area contributed by atoms with Crippen LogP contribution >= 0.6 is 0 Å². The molecular formula is C13H16N2O5. The molecule has 0 aliphatic heterocycles. The second-order valence-corrected chi connectivity index (χ2v) is 3.99. The molecule has 1 aromatic rings. The third kappa shape index (κ3) is 4.69. The number of esters is 1. The summed E-state index contributed by atoms with van der Waals surface area (Å²) in [6.07, 6.45) is -0.452. The van der Waals surface area contributed by atoms with Crippen molar-refractivity contribution in [1.82, 2.24) is 0 Å². The third-order valence-electron chi connectivity index (χ3n) is 2.39. The molecule has 0 radical (unpaired) electrons. The van der Waals surface area contributed by atoms with Crippen molar-refractivity contribution in [2.75, 3.05) is 11.9 Å². The molecule has 1 amide bonds. The number of aliphatic carboxylic acids is 1. The summed E-state index contributed by atoms with van der Waals surface area (Å²) in [4.78, 5) is 33.4. The lowest BCUT2D eigenvalue weighted by molar-refractivity contribution is -0.138. The highest BCUT2D eigenvalue weighted by Gasteiger charge is 2.17. The van der Waals surface area contributed by atoms with E-state index in [0.717, 1.165) is 0 Å². The van der Waals surface area contributed by atoms with E-state index in [4.69, 9.17) is 15.6 Å². The predicted molar refractivity (Wildman–Crippen MR) is 71.3 cm³/mol. The number of amides is 1. The van der Waals surface area contributed by atoms with Crippen molar-refractivity contribution in [3.63, 3.8) is 0 Å². The number of carbonyl (C=O) groups is 3. The quantitative estimate of drug-likeness (QED) is 0.657. The fourth-order valence-electron chi connectivity index (χ4n) is 1.42. The molecule has 0 aromatic heterocycles. The lowest BCUT2D eigenvalue weighted by Gasteiger charge is -2.10. The second kappa shape index (κ2) is 7.25. The zero-order valence-electron chi connectivity index (χ0n) is 11.0. The largest absolute Gasteiger partial charge is 0.481 e. The van der Waals surface area contributed by atoms with Gasteiger partial charge >= 0.3 is 11.9 Å². The van der Waals surface area contributed by atoms with Crippen LogP contribution in [-0.2, 0) is 14.3 Å². The van der Waals surface area contributed by atoms with Crippen LogP contribution in [0.5, 0.6) is 0 Å². The van der Waals surface area contributed by atoms with Crippen molar-refractivity contribution in [2.24, 2.45) is 5.73 Å². The summed E-state index contributed by atoms with van der Waals surface area (Å²) < 4.78 is 4.82. The molecule has 20 heavy (non-hydrogen) atoms. The summed E-state index contributed by atoms with van der Waals surface area (Å²) >= 11 is 0. The van der Waals surface area contributed by atoms with Gasteiger partial charge in [0, 0.05) is 5.69 Å². The monoisotopic (exact) mass is 280 g/mol. The van der Waals surface area contributed by atoms with E-state index in [0.29, 0.717) is 11.3 Å². The molecule has 1 atom stereocenters. The van der Waals surface area contributed by atoms with Crippen LogP contribution in [0.2, 0.25) is 0 Å². The highest BCUT2D eigenvalue weighted by Crippen LogP contribution is 2.11. The molecule has 0 fully saturated rings. The van der Waals surface area contributed by atoms with Gasteiger partial charge in [0.2, 0.25) is 5.91 Å². The minimum Gasteiger partial charge on any atom is -0.481 e. The Bertz CT molecular complexity index is 498. The number of nitrogens with one attached hydrogen (secondary N) is 1. The van der Waals surface area contributed by atoms with Crippen molar-refractivity contribution in [2.45, 2.75) is 19.4 Å². The van der Waals surface area contributed by atoms with E-state index < -0.39 is 30.3 Å². The zero-order valence-corrected chi connectivity index (χ0v) is 11.0. The Labute approximate surface area is 115 Å². The molecule has 1 rings (SSSR count). The molecule has 0 spiro atoms. The summed E-state index contributed by atoms with van der Waals surface area (Å²) in [6, 6.07) is 4.89. The van der Waals surface area contributed by atoms with Crippen molar-refractivity contribution in [1.29, 1.82) is 0 Å². The van der Waals surface area contributed by atoms with E-state index in [2.05, 4.69) is 5.32 Å². The average Bonchev–Trinajstić information content (AvgIpc) is 2.39. The number of rotatable bonds is 6. The molecule has 108 valence electrons. The summed E-state index contributed by atoms with van der Waals surface area (Å²) in [5, 5.41) is 11.0. The van der Waals surface area contributed by atoms with E-state index in [1.54, 1.807) is 6.92 Å². The number of nitrogens with two attached hydrogens (primary N) is 1. The van der Waals surface area contributed by atoms with E-state index in [1.165, 1.54) is 24.3 Å². The molecule has 0 bridgehead atoms. The highest BCUT2D eigenvalue weighted by molar-refractivity contribution is 5.97. The van der Waals surface area contributed by atoms with Crippen LogP contribution in [-0.4, -0.2) is 35.6 Å². The van der Waals surface area contributed by atoms with Gasteiger partial charge in [0.05, 0.1) is 24.6 Å². The van der Waals surface area contributed by atoms with Crippen LogP contribution in [0.25, 0.3) is 0 Å². The molecule has 1 unspecified atom stereocenters. The number of benzene rings is 1. The topological polar surface area (TPSA) is 119 Å². The van der Waals surface area contributed by atoms with Gasteiger partial charge in [-0.25, -0.2) is 4.79 Å². The molecule has 0 aliphatic carbocycles. The molecule has 0 saturated carbocycles. The van der Waals surface area contributed by atoms with Crippen LogP contribution in [0.1, 0.15) is 23.7 Å². The summed E-state index contributed by atoms with van der Waals surface area (Å²) in [7, 11) is 0. The van der Waals surface area contributed by atoms with Gasteiger partial charge in [-0.15, -0.1) is 0 Å². The Morgan fingerprint density at radius 2 is 1.90 bits per heavy atom. The zero-order chi connectivity index (χ0) is 15.1. The van der Waals surface area contributed by atoms with Gasteiger partial charge in [-0.3, -0.25) is 9.59 Å². The van der Waals surface area contributed by atoms with E-state index >= 15 is 0 Å². The molecule has 0 aliphatic rings. The fraction of sp³-hybridized carbons (Fsp3) is 0.308. The van der Waals surface area contributed by atoms with Crippen molar-refractivity contribution in [3.05, 3.63) is 29.8 Å². The minimum absolute atomic E-state index is 0.279. The summed E-state index contributed by atoms with van der Waals surface area (Å²) in [5.74, 6) is -2.20. The first kappa shape index (κ1) is 15.6. The molecule has 0 saturated heterocycles. The van der Waals surface area contributed by atoms with Crippen LogP contribution < -0.4 is 11.1 Å². The number of anilines is 1. The fourth-order valence-corrected chi connectivity index (χ4v) is 1.42. The molecule has 4 N–H and O–H groups in total. The van der Waals surface area contributed by atoms with Crippen LogP contribution in [0.4, 0.5) is 5.69 Å². The Kier molecular flexibility index (Phi) is 5.67. The lowest BCUT2D eigenvalue weighted by atomic mass is 10.2. The molecular weight excluding hydrogens is 264 g/mol.